The Labute approximate surface area is 223 Å². The summed E-state index contributed by atoms with van der Waals surface area (Å²) < 4.78 is 26.6. The highest BCUT2D eigenvalue weighted by Gasteiger charge is 2.52. The van der Waals surface area contributed by atoms with E-state index in [0.29, 0.717) is 5.56 Å². The molecule has 6 rings (SSSR count). The van der Waals surface area contributed by atoms with Gasteiger partial charge >= 0.3 is 5.97 Å². The number of aliphatic carboxylic acids is 1. The van der Waals surface area contributed by atoms with Crippen LogP contribution in [-0.4, -0.2) is 38.3 Å². The predicted octanol–water partition coefficient (Wildman–Crippen LogP) is 5.89. The minimum Gasteiger partial charge on any atom is -0.481 e. The fraction of sp³-hybridized carbons (Fsp3) is 0.533. The zero-order chi connectivity index (χ0) is 27.2. The Morgan fingerprint density at radius 3 is 2.24 bits per heavy atom. The maximum Gasteiger partial charge on any atom is 0.305 e. The molecule has 1 aromatic carbocycles. The highest BCUT2D eigenvalue weighted by Crippen LogP contribution is 2.60. The summed E-state index contributed by atoms with van der Waals surface area (Å²) >= 11 is 0. The van der Waals surface area contributed by atoms with E-state index in [1.54, 1.807) is 12.1 Å². The zero-order valence-corrected chi connectivity index (χ0v) is 22.8. The molecule has 4 aliphatic rings. The van der Waals surface area contributed by atoms with Crippen LogP contribution >= 0.6 is 7.37 Å². The number of carboxylic acid groups (broad SMARTS) is 1. The van der Waals surface area contributed by atoms with Crippen LogP contribution in [0.4, 0.5) is 4.39 Å². The molecule has 4 saturated carbocycles. The third-order valence-electron chi connectivity index (χ3n) is 8.56. The van der Waals surface area contributed by atoms with Gasteiger partial charge < -0.3 is 15.1 Å². The lowest BCUT2D eigenvalue weighted by Crippen LogP contribution is -2.49. The number of rotatable bonds is 7. The number of pyridine rings is 1. The molecule has 4 aliphatic carbocycles. The molecule has 2 atom stereocenters. The van der Waals surface area contributed by atoms with Crippen LogP contribution < -0.4 is 0 Å². The number of nitrogens with zero attached hydrogens (tertiary/aromatic N) is 1. The monoisotopic (exact) mass is 539 g/mol. The van der Waals surface area contributed by atoms with Crippen molar-refractivity contribution >= 4 is 13.3 Å². The van der Waals surface area contributed by atoms with Gasteiger partial charge in [0.05, 0.1) is 29.9 Å². The molecule has 2 unspecified atom stereocenters. The molecule has 38 heavy (non-hydrogen) atoms. The van der Waals surface area contributed by atoms with Crippen LogP contribution in [0.2, 0.25) is 0 Å². The van der Waals surface area contributed by atoms with Crippen molar-refractivity contribution in [1.29, 1.82) is 0 Å². The summed E-state index contributed by atoms with van der Waals surface area (Å²) in [5.41, 5.74) is 6.28. The normalized spacial score (nSPS) is 28.0. The summed E-state index contributed by atoms with van der Waals surface area (Å²) in [6.45, 7) is 4.03. The minimum atomic E-state index is -4.16. The summed E-state index contributed by atoms with van der Waals surface area (Å²) in [6.07, 6.45) is 4.58. The Kier molecular flexibility index (Phi) is 7.28. The highest BCUT2D eigenvalue weighted by atomic mass is 31.2. The second kappa shape index (κ2) is 10.2. The molecular weight excluding hydrogens is 504 g/mol. The van der Waals surface area contributed by atoms with Gasteiger partial charge in [0.25, 0.3) is 7.37 Å². The van der Waals surface area contributed by atoms with Crippen LogP contribution in [0.3, 0.4) is 0 Å². The molecule has 2 aromatic rings. The summed E-state index contributed by atoms with van der Waals surface area (Å²) in [5, 5.41) is 18.8. The van der Waals surface area contributed by atoms with Crippen molar-refractivity contribution in [2.75, 3.05) is 6.16 Å². The fourth-order valence-corrected chi connectivity index (χ4v) is 8.49. The van der Waals surface area contributed by atoms with Crippen LogP contribution in [-0.2, 0) is 14.8 Å². The van der Waals surface area contributed by atoms with Gasteiger partial charge in [-0.2, -0.15) is 0 Å². The number of hydrogen-bond acceptors (Lipinski definition) is 4. The number of halogens is 1. The maximum atomic E-state index is 13.8. The van der Waals surface area contributed by atoms with Gasteiger partial charge in [-0.1, -0.05) is 31.9 Å². The molecule has 0 aliphatic heterocycles. The van der Waals surface area contributed by atoms with E-state index < -0.39 is 32.0 Å². The molecule has 202 valence electrons. The largest absolute Gasteiger partial charge is 0.481 e. The van der Waals surface area contributed by atoms with Crippen LogP contribution in [0.25, 0.3) is 11.1 Å². The Balaban J connectivity index is 1.62. The van der Waals surface area contributed by atoms with Crippen molar-refractivity contribution in [2.24, 2.45) is 17.8 Å². The third kappa shape index (κ3) is 5.59. The predicted molar refractivity (Wildman–Crippen MR) is 143 cm³/mol. The van der Waals surface area contributed by atoms with Gasteiger partial charge in [-0.3, -0.25) is 14.3 Å². The molecule has 8 heteroatoms. The van der Waals surface area contributed by atoms with Gasteiger partial charge in [0.15, 0.2) is 0 Å². The maximum absolute atomic E-state index is 13.8. The number of aromatic nitrogens is 1. The van der Waals surface area contributed by atoms with E-state index in [9.17, 15) is 23.7 Å². The van der Waals surface area contributed by atoms with Gasteiger partial charge in [0.1, 0.15) is 5.82 Å². The van der Waals surface area contributed by atoms with Crippen molar-refractivity contribution in [2.45, 2.75) is 76.2 Å². The summed E-state index contributed by atoms with van der Waals surface area (Å²) in [6, 6.07) is 8.24. The van der Waals surface area contributed by atoms with Gasteiger partial charge in [-0.25, -0.2) is 4.39 Å². The average molecular weight is 540 g/mol. The topological polar surface area (TPSA) is 108 Å². The zero-order valence-electron chi connectivity index (χ0n) is 21.9. The molecule has 0 amide bonds. The Morgan fingerprint density at radius 1 is 1.13 bits per heavy atom. The van der Waals surface area contributed by atoms with Gasteiger partial charge in [0.2, 0.25) is 0 Å². The summed E-state index contributed by atoms with van der Waals surface area (Å²) in [4.78, 5) is 26.5. The molecule has 6 nitrogen and oxygen atoms in total. The Morgan fingerprint density at radius 2 is 1.71 bits per heavy atom. The molecule has 4 fully saturated rings. The molecule has 1 heterocycles. The number of aliphatic hydroxyl groups excluding tert-OH is 1. The highest BCUT2D eigenvalue weighted by molar-refractivity contribution is 7.63. The number of benzene rings is 1. The Bertz CT molecular complexity index is 1310. The number of hydrogen-bond donors (Lipinski definition) is 3. The summed E-state index contributed by atoms with van der Waals surface area (Å²) in [5.74, 6) is 3.47. The Hall–Kier alpha value is -2.52. The molecule has 1 aromatic heterocycles. The average Bonchev–Trinajstić information content (AvgIpc) is 2.81. The lowest BCUT2D eigenvalue weighted by atomic mass is 9.48. The first-order chi connectivity index (χ1) is 17.9. The molecule has 0 spiro atoms. The second-order valence-corrected chi connectivity index (χ2v) is 14.0. The first-order valence-electron chi connectivity index (χ1n) is 13.5. The fourth-order valence-electron chi connectivity index (χ4n) is 7.41. The van der Waals surface area contributed by atoms with Gasteiger partial charge in [-0.15, -0.1) is 0 Å². The van der Waals surface area contributed by atoms with Gasteiger partial charge in [0, 0.05) is 16.7 Å². The number of carboxylic acids is 1. The first-order valence-corrected chi connectivity index (χ1v) is 15.3. The van der Waals surface area contributed by atoms with E-state index in [4.69, 9.17) is 10.1 Å². The molecule has 0 saturated heterocycles. The standard InChI is InChI=1S/C30H35FNO5P/c1-18(2)29-25(7-8-38(36,37)17-24(33)12-28(34)35)26(22-3-5-23(31)6-4-22)13-27(32-29)30-14-19-9-20(15-30)11-21(10-19)16-30/h3-6,13,18-21,24,33H,9-12,14-17H2,1-2H3,(H,34,35)(H,36,37). The SMILES string of the molecule is CC(C)c1nc(C23CC4CC(CC(C4)C2)C3)cc(-c2ccc(F)cc2)c1C#CP(=O)(O)CC(O)CC(=O)O. The van der Waals surface area contributed by atoms with E-state index in [1.807, 2.05) is 13.8 Å². The first kappa shape index (κ1) is 27.1. The van der Waals surface area contributed by atoms with Crippen LogP contribution in [0.15, 0.2) is 30.3 Å². The van der Waals surface area contributed by atoms with Crippen molar-refractivity contribution in [1.82, 2.24) is 4.98 Å². The molecule has 4 bridgehead atoms. The minimum absolute atomic E-state index is 0.0202. The van der Waals surface area contributed by atoms with E-state index in [-0.39, 0.29) is 17.2 Å². The van der Waals surface area contributed by atoms with E-state index in [1.165, 1.54) is 31.4 Å². The van der Waals surface area contributed by atoms with Gasteiger partial charge in [-0.05, 0) is 91.6 Å². The van der Waals surface area contributed by atoms with Crippen molar-refractivity contribution in [3.8, 4) is 22.7 Å². The van der Waals surface area contributed by atoms with E-state index >= 15 is 0 Å². The second-order valence-electron chi connectivity index (χ2n) is 12.0. The van der Waals surface area contributed by atoms with Crippen LogP contribution in [0, 0.1) is 35.2 Å². The van der Waals surface area contributed by atoms with Crippen LogP contribution in [0.5, 0.6) is 0 Å². The molecule has 0 radical (unpaired) electrons. The van der Waals surface area contributed by atoms with Crippen molar-refractivity contribution in [3.05, 3.63) is 53.1 Å². The smallest absolute Gasteiger partial charge is 0.305 e. The third-order valence-corrected chi connectivity index (χ3v) is 9.93. The lowest BCUT2D eigenvalue weighted by molar-refractivity contribution is -0.138. The van der Waals surface area contributed by atoms with E-state index in [0.717, 1.165) is 59.5 Å². The number of carbonyl (C=O) groups is 1. The van der Waals surface area contributed by atoms with Crippen LogP contribution in [0.1, 0.15) is 81.7 Å². The molecule has 3 N–H and O–H groups in total. The molecular formula is C30H35FNO5P. The summed E-state index contributed by atoms with van der Waals surface area (Å²) in [7, 11) is -4.16. The number of aliphatic hydroxyl groups is 1. The lowest BCUT2D eigenvalue weighted by Gasteiger charge is -2.56. The van der Waals surface area contributed by atoms with E-state index in [2.05, 4.69) is 17.6 Å². The van der Waals surface area contributed by atoms with Crippen molar-refractivity contribution in [3.63, 3.8) is 0 Å². The van der Waals surface area contributed by atoms with Crippen molar-refractivity contribution < 1.29 is 28.9 Å². The quantitative estimate of drug-likeness (QED) is 0.299.